The van der Waals surface area contributed by atoms with Gasteiger partial charge in [0, 0.05) is 0 Å². The fourth-order valence-corrected chi connectivity index (χ4v) is 1.35. The van der Waals surface area contributed by atoms with Gasteiger partial charge in [-0.25, -0.2) is 0 Å². The predicted octanol–water partition coefficient (Wildman–Crippen LogP) is -2.01. The first-order valence-corrected chi connectivity index (χ1v) is 4.54. The van der Waals surface area contributed by atoms with Crippen molar-refractivity contribution in [2.75, 3.05) is 13.2 Å². The van der Waals surface area contributed by atoms with Crippen molar-refractivity contribution in [2.24, 2.45) is 0 Å². The second-order valence-corrected chi connectivity index (χ2v) is 3.26. The summed E-state index contributed by atoms with van der Waals surface area (Å²) >= 11 is 0. The van der Waals surface area contributed by atoms with Crippen molar-refractivity contribution in [3.8, 4) is 0 Å². The fourth-order valence-electron chi connectivity index (χ4n) is 1.35. The zero-order valence-corrected chi connectivity index (χ0v) is 8.11. The Labute approximate surface area is 88.8 Å². The highest BCUT2D eigenvalue weighted by Crippen LogP contribution is 2.21. The van der Waals surface area contributed by atoms with Crippen molar-refractivity contribution in [1.82, 2.24) is 0 Å². The van der Waals surface area contributed by atoms with Crippen LogP contribution in [0.15, 0.2) is 12.6 Å². The monoisotopic (exact) mass is 221 g/mol. The van der Waals surface area contributed by atoms with Crippen LogP contribution in [0.3, 0.4) is 0 Å². The minimum Gasteiger partial charge on any atom is -0.394 e. The van der Waals surface area contributed by atoms with E-state index < -0.39 is 37.3 Å². The molecular formula is C9H16O6. The molecule has 0 aliphatic carbocycles. The van der Waals surface area contributed by atoms with Gasteiger partial charge in [0.15, 0.2) is 6.29 Å². The molecule has 1 saturated heterocycles. The first kappa shape index (κ1) is 11.0. The molecule has 1 unspecified atom stereocenters. The Morgan fingerprint density at radius 2 is 2.00 bits per heavy atom. The van der Waals surface area contributed by atoms with Crippen LogP contribution in [-0.4, -0.2) is 64.3 Å². The Kier molecular flexibility index (Phi) is 4.07. The zero-order valence-electron chi connectivity index (χ0n) is 9.11. The minimum atomic E-state index is -1.46. The van der Waals surface area contributed by atoms with Crippen LogP contribution in [-0.2, 0) is 9.47 Å². The van der Waals surface area contributed by atoms with Gasteiger partial charge in [-0.05, 0) is 0 Å². The first-order chi connectivity index (χ1) is 7.47. The lowest BCUT2D eigenvalue weighted by Crippen LogP contribution is -2.59. The maximum absolute atomic E-state index is 9.50. The van der Waals surface area contributed by atoms with Gasteiger partial charge < -0.3 is 29.9 Å². The summed E-state index contributed by atoms with van der Waals surface area (Å²) in [5.74, 6) is 0. The van der Waals surface area contributed by atoms with Crippen LogP contribution < -0.4 is 0 Å². The number of hydrogen-bond acceptors (Lipinski definition) is 6. The van der Waals surface area contributed by atoms with Crippen LogP contribution in [0.1, 0.15) is 1.37 Å². The third kappa shape index (κ3) is 2.75. The van der Waals surface area contributed by atoms with E-state index in [9.17, 15) is 15.3 Å². The molecule has 0 bridgehead atoms. The first-order valence-electron chi connectivity index (χ1n) is 5.04. The molecule has 4 N–H and O–H groups in total. The Hall–Kier alpha value is -0.500. The van der Waals surface area contributed by atoms with Crippen LogP contribution in [0.2, 0.25) is 0 Å². The second-order valence-electron chi connectivity index (χ2n) is 3.26. The van der Waals surface area contributed by atoms with E-state index in [1.165, 1.54) is 0 Å². The van der Waals surface area contributed by atoms with Gasteiger partial charge in [-0.1, -0.05) is 6.05 Å². The number of aliphatic hydroxyl groups excluding tert-OH is 4. The van der Waals surface area contributed by atoms with Crippen LogP contribution in [0.4, 0.5) is 0 Å². The van der Waals surface area contributed by atoms with E-state index in [4.69, 9.17) is 16.0 Å². The van der Waals surface area contributed by atoms with Gasteiger partial charge in [0.2, 0.25) is 0 Å². The lowest BCUT2D eigenvalue weighted by Gasteiger charge is -2.39. The van der Waals surface area contributed by atoms with Crippen LogP contribution in [0.5, 0.6) is 0 Å². The highest BCUT2D eigenvalue weighted by atomic mass is 16.7. The molecule has 1 aliphatic heterocycles. The van der Waals surface area contributed by atoms with Crippen LogP contribution in [0, 0.1) is 0 Å². The lowest BCUT2D eigenvalue weighted by molar-refractivity contribution is -0.298. The molecular weight excluding hydrogens is 204 g/mol. The van der Waals surface area contributed by atoms with Crippen molar-refractivity contribution in [3.05, 3.63) is 12.6 Å². The summed E-state index contributed by atoms with van der Waals surface area (Å²) < 4.78 is 17.0. The smallest absolute Gasteiger partial charge is 0.187 e. The van der Waals surface area contributed by atoms with Crippen molar-refractivity contribution in [3.63, 3.8) is 0 Å². The summed E-state index contributed by atoms with van der Waals surface area (Å²) in [6.45, 7) is 2.61. The van der Waals surface area contributed by atoms with E-state index >= 15 is 0 Å². The summed E-state index contributed by atoms with van der Waals surface area (Å²) in [6, 6.07) is -0.0167. The molecule has 1 fully saturated rings. The average Bonchev–Trinajstić information content (AvgIpc) is 2.25. The lowest BCUT2D eigenvalue weighted by atomic mass is 9.99. The van der Waals surface area contributed by atoms with Crippen LogP contribution in [0.25, 0.3) is 0 Å². The van der Waals surface area contributed by atoms with Crippen molar-refractivity contribution < 1.29 is 31.3 Å². The Morgan fingerprint density at radius 3 is 2.53 bits per heavy atom. The van der Waals surface area contributed by atoms with Crippen LogP contribution >= 0.6 is 0 Å². The van der Waals surface area contributed by atoms with E-state index in [0.717, 1.165) is 0 Å². The summed E-state index contributed by atoms with van der Waals surface area (Å²) in [6.07, 6.45) is -6.49. The summed E-state index contributed by atoms with van der Waals surface area (Å²) in [5, 5.41) is 37.2. The molecule has 15 heavy (non-hydrogen) atoms. The zero-order chi connectivity index (χ0) is 12.3. The van der Waals surface area contributed by atoms with E-state index in [-0.39, 0.29) is 12.7 Å². The van der Waals surface area contributed by atoms with Crippen molar-refractivity contribution >= 4 is 0 Å². The van der Waals surface area contributed by atoms with Gasteiger partial charge in [-0.3, -0.25) is 0 Å². The molecule has 0 aromatic carbocycles. The Bertz CT molecular complexity index is 246. The highest BCUT2D eigenvalue weighted by molar-refractivity contribution is 4.89. The molecule has 1 heterocycles. The summed E-state index contributed by atoms with van der Waals surface area (Å²) in [7, 11) is 0. The van der Waals surface area contributed by atoms with E-state index in [0.29, 0.717) is 0 Å². The largest absolute Gasteiger partial charge is 0.394 e. The normalized spacial score (nSPS) is 42.4. The third-order valence-corrected chi connectivity index (χ3v) is 2.20. The molecule has 5 atom stereocenters. The minimum absolute atomic E-state index is 0.0167. The maximum atomic E-state index is 9.50. The summed E-state index contributed by atoms with van der Waals surface area (Å²) in [4.78, 5) is 0. The van der Waals surface area contributed by atoms with Gasteiger partial charge in [-0.2, -0.15) is 0 Å². The van der Waals surface area contributed by atoms with E-state index in [1.54, 1.807) is 0 Å². The molecule has 1 aliphatic rings. The second kappa shape index (κ2) is 5.55. The number of ether oxygens (including phenoxy) is 2. The average molecular weight is 221 g/mol. The maximum Gasteiger partial charge on any atom is 0.187 e. The van der Waals surface area contributed by atoms with Crippen molar-refractivity contribution in [1.29, 1.82) is 0 Å². The van der Waals surface area contributed by atoms with E-state index in [2.05, 4.69) is 6.58 Å². The van der Waals surface area contributed by atoms with Gasteiger partial charge in [0.05, 0.1) is 14.6 Å². The molecule has 0 saturated carbocycles. The predicted molar refractivity (Wildman–Crippen MR) is 49.9 cm³/mol. The Morgan fingerprint density at radius 1 is 1.33 bits per heavy atom. The number of hydrogen-bond donors (Lipinski definition) is 4. The van der Waals surface area contributed by atoms with E-state index in [1.807, 2.05) is 0 Å². The molecule has 0 amide bonds. The Balaban J connectivity index is 2.60. The number of aliphatic hydroxyl groups is 4. The van der Waals surface area contributed by atoms with Gasteiger partial charge in [0.25, 0.3) is 0 Å². The molecule has 1 rings (SSSR count). The quantitative estimate of drug-likeness (QED) is 0.409. The topological polar surface area (TPSA) is 99.4 Å². The highest BCUT2D eigenvalue weighted by Gasteiger charge is 2.43. The fraction of sp³-hybridized carbons (Fsp3) is 0.778. The molecule has 88 valence electrons. The standard InChI is InChI=1S/C9H16O6/c1-2-3-14-9-8(13)7(12)6(11)5(4-10)15-9/h2,5-13H,1,3-4H2/t5-,6+,7+,8-,9?/m1/s1/i2D. The summed E-state index contributed by atoms with van der Waals surface area (Å²) in [5.41, 5.74) is 0. The molecule has 6 heteroatoms. The number of rotatable bonds is 4. The third-order valence-electron chi connectivity index (χ3n) is 2.20. The molecule has 0 aromatic rings. The molecule has 6 nitrogen and oxygen atoms in total. The van der Waals surface area contributed by atoms with Gasteiger partial charge in [0.1, 0.15) is 24.4 Å². The van der Waals surface area contributed by atoms with Gasteiger partial charge >= 0.3 is 0 Å². The van der Waals surface area contributed by atoms with Crippen molar-refractivity contribution in [2.45, 2.75) is 30.7 Å². The SMILES string of the molecule is [2H]C(=C)COC1O[C@H](CO)[C@H](O)[C@H](O)[C@H]1O. The molecule has 0 spiro atoms. The molecule has 0 aromatic heterocycles. The molecule has 0 radical (unpaired) electrons. The van der Waals surface area contributed by atoms with Gasteiger partial charge in [-0.15, -0.1) is 6.58 Å².